The topological polar surface area (TPSA) is 105 Å². The molecule has 1 aromatic rings. The van der Waals surface area contributed by atoms with E-state index in [2.05, 4.69) is 10.6 Å². The summed E-state index contributed by atoms with van der Waals surface area (Å²) in [4.78, 5) is 35.3. The van der Waals surface area contributed by atoms with Crippen LogP contribution in [0, 0.1) is 0 Å². The molecule has 7 nitrogen and oxygen atoms in total. The molecule has 1 saturated heterocycles. The molecule has 0 atom stereocenters. The molecule has 4 N–H and O–H groups in total. The molecule has 8 heteroatoms. The number of nitrogen functional groups attached to an aromatic ring is 1. The van der Waals surface area contributed by atoms with Crippen LogP contribution in [0.4, 0.5) is 16.2 Å². The van der Waals surface area contributed by atoms with Gasteiger partial charge in [0.1, 0.15) is 0 Å². The first-order valence-electron chi connectivity index (χ1n) is 5.90. The summed E-state index contributed by atoms with van der Waals surface area (Å²) in [6.45, 7) is 0.0216. The van der Waals surface area contributed by atoms with Gasteiger partial charge in [-0.05, 0) is 18.2 Å². The van der Waals surface area contributed by atoms with E-state index in [1.807, 2.05) is 0 Å². The normalized spacial score (nSPS) is 14.3. The predicted molar refractivity (Wildman–Crippen MR) is 74.2 cm³/mol. The number of anilines is 2. The number of carbonyl (C=O) groups is 3. The van der Waals surface area contributed by atoms with E-state index in [4.69, 9.17) is 17.3 Å². The minimum atomic E-state index is -0.474. The molecular weight excluding hydrogens is 284 g/mol. The summed E-state index contributed by atoms with van der Waals surface area (Å²) in [6, 6.07) is 4.25. The maximum atomic E-state index is 11.7. The standard InChI is InChI=1S/C12H13ClN4O3/c13-8-2-1-7(5-9(8)14)16-10(18)3-4-17-11(19)6-15-12(17)20/h1-2,5H,3-4,6,14H2,(H,15,20)(H,16,18). The minimum Gasteiger partial charge on any atom is -0.397 e. The van der Waals surface area contributed by atoms with Gasteiger partial charge in [0.05, 0.1) is 17.3 Å². The van der Waals surface area contributed by atoms with Crippen molar-refractivity contribution in [1.82, 2.24) is 10.2 Å². The summed E-state index contributed by atoms with van der Waals surface area (Å²) in [5, 5.41) is 5.40. The highest BCUT2D eigenvalue weighted by molar-refractivity contribution is 6.33. The van der Waals surface area contributed by atoms with Crippen LogP contribution >= 0.6 is 11.6 Å². The average Bonchev–Trinajstić information content (AvgIpc) is 2.71. The van der Waals surface area contributed by atoms with Crippen molar-refractivity contribution in [1.29, 1.82) is 0 Å². The van der Waals surface area contributed by atoms with E-state index >= 15 is 0 Å². The third-order valence-electron chi connectivity index (χ3n) is 2.78. The SMILES string of the molecule is Nc1cc(NC(=O)CCN2C(=O)CNC2=O)ccc1Cl. The maximum absolute atomic E-state index is 11.7. The van der Waals surface area contributed by atoms with Crippen molar-refractivity contribution in [2.75, 3.05) is 24.1 Å². The maximum Gasteiger partial charge on any atom is 0.324 e. The first kappa shape index (κ1) is 14.1. The molecule has 0 aliphatic carbocycles. The van der Waals surface area contributed by atoms with Crippen LogP contribution in [-0.2, 0) is 9.59 Å². The monoisotopic (exact) mass is 296 g/mol. The molecule has 1 aliphatic rings. The number of benzene rings is 1. The van der Waals surface area contributed by atoms with Crippen molar-refractivity contribution in [2.45, 2.75) is 6.42 Å². The van der Waals surface area contributed by atoms with Crippen LogP contribution in [-0.4, -0.2) is 35.8 Å². The number of halogens is 1. The average molecular weight is 297 g/mol. The second-order valence-corrected chi connectivity index (χ2v) is 4.65. The summed E-state index contributed by atoms with van der Waals surface area (Å²) in [5.74, 6) is -0.655. The number of nitrogens with zero attached hydrogens (tertiary/aromatic N) is 1. The Labute approximate surface area is 120 Å². The summed E-state index contributed by atoms with van der Waals surface area (Å²) >= 11 is 5.77. The molecule has 106 valence electrons. The number of nitrogens with one attached hydrogen (secondary N) is 2. The van der Waals surface area contributed by atoms with Crippen molar-refractivity contribution >= 4 is 40.8 Å². The van der Waals surface area contributed by atoms with Gasteiger partial charge in [0.2, 0.25) is 11.8 Å². The third-order valence-corrected chi connectivity index (χ3v) is 3.12. The first-order chi connectivity index (χ1) is 9.47. The number of amides is 4. The Hall–Kier alpha value is -2.28. The van der Waals surface area contributed by atoms with Gasteiger partial charge in [-0.1, -0.05) is 11.6 Å². The second-order valence-electron chi connectivity index (χ2n) is 4.24. The first-order valence-corrected chi connectivity index (χ1v) is 6.28. The number of hydrogen-bond acceptors (Lipinski definition) is 4. The van der Waals surface area contributed by atoms with Gasteiger partial charge in [-0.25, -0.2) is 4.79 Å². The van der Waals surface area contributed by atoms with Crippen molar-refractivity contribution in [3.8, 4) is 0 Å². The van der Waals surface area contributed by atoms with E-state index < -0.39 is 6.03 Å². The lowest BCUT2D eigenvalue weighted by Gasteiger charge is -2.12. The lowest BCUT2D eigenvalue weighted by atomic mass is 10.2. The third kappa shape index (κ3) is 3.18. The van der Waals surface area contributed by atoms with Crippen LogP contribution < -0.4 is 16.4 Å². The van der Waals surface area contributed by atoms with E-state index in [1.54, 1.807) is 12.1 Å². The number of carbonyl (C=O) groups excluding carboxylic acids is 3. The molecule has 0 aromatic heterocycles. The van der Waals surface area contributed by atoms with Crippen LogP contribution in [0.1, 0.15) is 6.42 Å². The van der Waals surface area contributed by atoms with E-state index in [-0.39, 0.29) is 31.3 Å². The smallest absolute Gasteiger partial charge is 0.324 e. The second kappa shape index (κ2) is 5.79. The Bertz CT molecular complexity index is 560. The number of rotatable bonds is 4. The summed E-state index contributed by atoms with van der Waals surface area (Å²) < 4.78 is 0. The fourth-order valence-electron chi connectivity index (χ4n) is 1.74. The Kier molecular flexibility index (Phi) is 4.09. The zero-order valence-corrected chi connectivity index (χ0v) is 11.2. The summed E-state index contributed by atoms with van der Waals surface area (Å²) in [7, 11) is 0. The number of urea groups is 1. The Morgan fingerprint density at radius 3 is 2.80 bits per heavy atom. The fraction of sp³-hybridized carbons (Fsp3) is 0.250. The minimum absolute atomic E-state index is 0.0156. The highest BCUT2D eigenvalue weighted by atomic mass is 35.5. The van der Waals surface area contributed by atoms with E-state index in [0.717, 1.165) is 4.90 Å². The van der Waals surface area contributed by atoms with Gasteiger partial charge in [0.15, 0.2) is 0 Å². The molecule has 0 radical (unpaired) electrons. The molecule has 0 bridgehead atoms. The van der Waals surface area contributed by atoms with Gasteiger partial charge in [-0.3, -0.25) is 14.5 Å². The van der Waals surface area contributed by atoms with E-state index in [1.165, 1.54) is 6.07 Å². The van der Waals surface area contributed by atoms with Gasteiger partial charge in [0, 0.05) is 18.7 Å². The van der Waals surface area contributed by atoms with Crippen LogP contribution in [0.5, 0.6) is 0 Å². The van der Waals surface area contributed by atoms with Gasteiger partial charge >= 0.3 is 6.03 Å². The van der Waals surface area contributed by atoms with E-state index in [9.17, 15) is 14.4 Å². The molecule has 20 heavy (non-hydrogen) atoms. The largest absolute Gasteiger partial charge is 0.397 e. The molecule has 0 unspecified atom stereocenters. The van der Waals surface area contributed by atoms with Crippen molar-refractivity contribution in [3.63, 3.8) is 0 Å². The van der Waals surface area contributed by atoms with Crippen LogP contribution in [0.3, 0.4) is 0 Å². The highest BCUT2D eigenvalue weighted by Crippen LogP contribution is 2.22. The molecule has 1 aromatic carbocycles. The van der Waals surface area contributed by atoms with Gasteiger partial charge in [0.25, 0.3) is 0 Å². The highest BCUT2D eigenvalue weighted by Gasteiger charge is 2.28. The number of hydrogen-bond donors (Lipinski definition) is 3. The molecule has 1 aliphatic heterocycles. The summed E-state index contributed by atoms with van der Waals surface area (Å²) in [6.07, 6.45) is 0.0156. The van der Waals surface area contributed by atoms with Crippen LogP contribution in [0.25, 0.3) is 0 Å². The zero-order chi connectivity index (χ0) is 14.7. The predicted octanol–water partition coefficient (Wildman–Crippen LogP) is 0.803. The molecule has 0 spiro atoms. The molecule has 2 rings (SSSR count). The van der Waals surface area contributed by atoms with E-state index in [0.29, 0.717) is 16.4 Å². The fourth-order valence-corrected chi connectivity index (χ4v) is 1.86. The summed E-state index contributed by atoms with van der Waals surface area (Å²) in [5.41, 5.74) is 6.49. The lowest BCUT2D eigenvalue weighted by molar-refractivity contribution is -0.125. The Balaban J connectivity index is 1.88. The molecule has 1 fully saturated rings. The van der Waals surface area contributed by atoms with Crippen molar-refractivity contribution < 1.29 is 14.4 Å². The van der Waals surface area contributed by atoms with Crippen molar-refractivity contribution in [3.05, 3.63) is 23.2 Å². The van der Waals surface area contributed by atoms with Gasteiger partial charge < -0.3 is 16.4 Å². The Morgan fingerprint density at radius 1 is 1.45 bits per heavy atom. The van der Waals surface area contributed by atoms with Gasteiger partial charge in [-0.15, -0.1) is 0 Å². The van der Waals surface area contributed by atoms with Crippen molar-refractivity contribution in [2.24, 2.45) is 0 Å². The number of imide groups is 1. The zero-order valence-electron chi connectivity index (χ0n) is 10.5. The van der Waals surface area contributed by atoms with Crippen LogP contribution in [0.2, 0.25) is 5.02 Å². The molecule has 4 amide bonds. The van der Waals surface area contributed by atoms with Crippen LogP contribution in [0.15, 0.2) is 18.2 Å². The Morgan fingerprint density at radius 2 is 2.20 bits per heavy atom. The molecular formula is C12H13ClN4O3. The molecule has 0 saturated carbocycles. The molecule has 1 heterocycles. The number of nitrogens with two attached hydrogens (primary N) is 1. The lowest BCUT2D eigenvalue weighted by Crippen LogP contribution is -2.33. The van der Waals surface area contributed by atoms with Gasteiger partial charge in [-0.2, -0.15) is 0 Å². The quantitative estimate of drug-likeness (QED) is 0.564.